The maximum Gasteiger partial charge on any atom is 0.436 e. The summed E-state index contributed by atoms with van der Waals surface area (Å²) >= 11 is 0. The van der Waals surface area contributed by atoms with Gasteiger partial charge in [0.15, 0.2) is 6.10 Å². The SMILES string of the molecule is CC(C)[C@H](NC(=O)CCc1ccccc1)C(=O)N[C@@H](C)C(=O)N(C)N(C(=O)OC(C)(C)C)C(=O)[C@H]1O[C@@H]1CCc1ccccc1. The molecule has 4 atom stereocenters. The molecular weight excluding hydrogens is 576 g/mol. The lowest BCUT2D eigenvalue weighted by Gasteiger charge is -2.33. The number of hydrogen-bond donors (Lipinski definition) is 2. The fourth-order valence-electron chi connectivity index (χ4n) is 4.75. The Morgan fingerprint density at radius 3 is 1.96 bits per heavy atom. The maximum atomic E-state index is 13.5. The Morgan fingerprint density at radius 2 is 1.42 bits per heavy atom. The van der Waals surface area contributed by atoms with Crippen molar-refractivity contribution in [1.82, 2.24) is 20.7 Å². The summed E-state index contributed by atoms with van der Waals surface area (Å²) in [4.78, 5) is 66.1. The van der Waals surface area contributed by atoms with Crippen molar-refractivity contribution in [2.75, 3.05) is 7.05 Å². The molecule has 0 spiro atoms. The number of hydrazine groups is 1. The van der Waals surface area contributed by atoms with E-state index in [1.54, 1.807) is 34.6 Å². The highest BCUT2D eigenvalue weighted by atomic mass is 16.6. The van der Waals surface area contributed by atoms with Gasteiger partial charge in [0, 0.05) is 13.5 Å². The predicted molar refractivity (Wildman–Crippen MR) is 168 cm³/mol. The van der Waals surface area contributed by atoms with Gasteiger partial charge in [0.2, 0.25) is 11.8 Å². The van der Waals surface area contributed by atoms with Crippen LogP contribution >= 0.6 is 0 Å². The monoisotopic (exact) mass is 622 g/mol. The van der Waals surface area contributed by atoms with Crippen molar-refractivity contribution in [3.63, 3.8) is 0 Å². The molecule has 2 aromatic carbocycles. The molecule has 0 saturated carbocycles. The number of carbonyl (C=O) groups excluding carboxylic acids is 5. The summed E-state index contributed by atoms with van der Waals surface area (Å²) in [6, 6.07) is 17.2. The quantitative estimate of drug-likeness (QED) is 0.271. The molecule has 1 aliphatic heterocycles. The van der Waals surface area contributed by atoms with E-state index in [-0.39, 0.29) is 18.2 Å². The number of rotatable bonds is 12. The van der Waals surface area contributed by atoms with E-state index in [1.807, 2.05) is 60.7 Å². The predicted octanol–water partition coefficient (Wildman–Crippen LogP) is 3.80. The highest BCUT2D eigenvalue weighted by Gasteiger charge is 2.50. The van der Waals surface area contributed by atoms with Crippen LogP contribution in [-0.2, 0) is 41.5 Å². The Labute approximate surface area is 265 Å². The average Bonchev–Trinajstić information content (AvgIpc) is 3.77. The van der Waals surface area contributed by atoms with Gasteiger partial charge in [-0.2, -0.15) is 0 Å². The van der Waals surface area contributed by atoms with Gasteiger partial charge in [-0.1, -0.05) is 74.5 Å². The summed E-state index contributed by atoms with van der Waals surface area (Å²) < 4.78 is 11.1. The van der Waals surface area contributed by atoms with Crippen molar-refractivity contribution in [2.45, 2.75) is 97.1 Å². The van der Waals surface area contributed by atoms with Crippen molar-refractivity contribution in [1.29, 1.82) is 0 Å². The van der Waals surface area contributed by atoms with Gasteiger partial charge in [-0.05, 0) is 64.0 Å². The van der Waals surface area contributed by atoms with E-state index in [0.717, 1.165) is 16.1 Å². The normalized spacial score (nSPS) is 17.1. The number of aryl methyl sites for hydroxylation is 2. The highest BCUT2D eigenvalue weighted by Crippen LogP contribution is 2.30. The zero-order valence-corrected chi connectivity index (χ0v) is 27.2. The first-order valence-corrected chi connectivity index (χ1v) is 15.4. The molecule has 244 valence electrons. The number of epoxide rings is 1. The summed E-state index contributed by atoms with van der Waals surface area (Å²) in [5.41, 5.74) is 1.15. The third kappa shape index (κ3) is 10.7. The van der Waals surface area contributed by atoms with E-state index in [0.29, 0.717) is 24.3 Å². The van der Waals surface area contributed by atoms with Crippen LogP contribution in [0.1, 0.15) is 65.5 Å². The van der Waals surface area contributed by atoms with Crippen LogP contribution in [0, 0.1) is 5.92 Å². The second kappa shape index (κ2) is 15.7. The lowest BCUT2D eigenvalue weighted by molar-refractivity contribution is -0.160. The van der Waals surface area contributed by atoms with Crippen molar-refractivity contribution < 1.29 is 33.4 Å². The molecule has 0 radical (unpaired) electrons. The first-order valence-electron chi connectivity index (χ1n) is 15.4. The number of benzene rings is 2. The van der Waals surface area contributed by atoms with Gasteiger partial charge in [-0.15, -0.1) is 5.01 Å². The van der Waals surface area contributed by atoms with E-state index in [1.165, 1.54) is 14.0 Å². The number of imide groups is 1. The van der Waals surface area contributed by atoms with E-state index in [9.17, 15) is 24.0 Å². The van der Waals surface area contributed by atoms with Crippen LogP contribution < -0.4 is 10.6 Å². The molecule has 1 aliphatic rings. The summed E-state index contributed by atoms with van der Waals surface area (Å²) in [5.74, 6) is -2.60. The van der Waals surface area contributed by atoms with E-state index >= 15 is 0 Å². The van der Waals surface area contributed by atoms with Crippen LogP contribution in [-0.4, -0.2) is 76.7 Å². The lowest BCUT2D eigenvalue weighted by Crippen LogP contribution is -2.59. The number of nitrogens with one attached hydrogen (secondary N) is 2. The maximum absolute atomic E-state index is 13.5. The smallest absolute Gasteiger partial charge is 0.436 e. The van der Waals surface area contributed by atoms with Crippen LogP contribution in [0.5, 0.6) is 0 Å². The van der Waals surface area contributed by atoms with Crippen molar-refractivity contribution in [3.05, 3.63) is 71.8 Å². The standard InChI is InChI=1S/C34H46N4O7/c1-22(2)28(36-27(39)21-19-25-16-12-9-13-17-25)30(40)35-23(3)31(41)37(7)38(33(43)45-34(4,5)6)32(42)29-26(44-29)20-18-24-14-10-8-11-15-24/h8-17,22-23,26,28-29H,18-21H2,1-7H3,(H,35,40)(H,36,39)/t23-,26+,28-,29-/m0/s1. The highest BCUT2D eigenvalue weighted by molar-refractivity contribution is 5.99. The second-order valence-electron chi connectivity index (χ2n) is 12.6. The zero-order chi connectivity index (χ0) is 33.3. The summed E-state index contributed by atoms with van der Waals surface area (Å²) in [6.07, 6.45) is -0.422. The van der Waals surface area contributed by atoms with Crippen molar-refractivity contribution in [3.8, 4) is 0 Å². The minimum absolute atomic E-state index is 0.195. The molecule has 0 unspecified atom stereocenters. The number of likely N-dealkylation sites (N-methyl/N-ethyl adjacent to an activating group) is 1. The molecule has 1 heterocycles. The topological polar surface area (TPSA) is 138 Å². The van der Waals surface area contributed by atoms with Gasteiger partial charge in [0.25, 0.3) is 11.8 Å². The fraction of sp³-hybridized carbons (Fsp3) is 0.500. The number of ether oxygens (including phenoxy) is 2. The van der Waals surface area contributed by atoms with Crippen LogP contribution in [0.25, 0.3) is 0 Å². The zero-order valence-electron chi connectivity index (χ0n) is 27.2. The van der Waals surface area contributed by atoms with Gasteiger partial charge in [-0.3, -0.25) is 19.2 Å². The molecule has 1 fully saturated rings. The number of nitrogens with zero attached hydrogens (tertiary/aromatic N) is 2. The Hall–Kier alpha value is -4.25. The van der Waals surface area contributed by atoms with Gasteiger partial charge < -0.3 is 20.1 Å². The molecule has 5 amide bonds. The number of hydrogen-bond acceptors (Lipinski definition) is 7. The Bertz CT molecular complexity index is 1330. The van der Waals surface area contributed by atoms with E-state index in [2.05, 4.69) is 10.6 Å². The Morgan fingerprint density at radius 1 is 0.867 bits per heavy atom. The van der Waals surface area contributed by atoms with Crippen LogP contribution in [0.2, 0.25) is 0 Å². The molecule has 0 bridgehead atoms. The molecule has 45 heavy (non-hydrogen) atoms. The molecule has 0 aromatic heterocycles. The Kier molecular flexibility index (Phi) is 12.3. The van der Waals surface area contributed by atoms with Gasteiger partial charge in [-0.25, -0.2) is 9.80 Å². The van der Waals surface area contributed by atoms with Crippen LogP contribution in [0.15, 0.2) is 60.7 Å². The molecule has 11 nitrogen and oxygen atoms in total. The summed E-state index contributed by atoms with van der Waals surface area (Å²) in [6.45, 7) is 9.96. The van der Waals surface area contributed by atoms with Gasteiger partial charge in [0.1, 0.15) is 17.7 Å². The first kappa shape index (κ1) is 35.2. The Balaban J connectivity index is 1.64. The average molecular weight is 623 g/mol. The fourth-order valence-corrected chi connectivity index (χ4v) is 4.75. The second-order valence-corrected chi connectivity index (χ2v) is 12.6. The first-order chi connectivity index (χ1) is 21.2. The van der Waals surface area contributed by atoms with Gasteiger partial charge >= 0.3 is 6.09 Å². The summed E-state index contributed by atoms with van der Waals surface area (Å²) in [5, 5.41) is 6.87. The molecular formula is C34H46N4O7. The van der Waals surface area contributed by atoms with Crippen molar-refractivity contribution >= 4 is 29.7 Å². The lowest BCUT2D eigenvalue weighted by atomic mass is 10.0. The van der Waals surface area contributed by atoms with Crippen LogP contribution in [0.3, 0.4) is 0 Å². The van der Waals surface area contributed by atoms with Crippen LogP contribution in [0.4, 0.5) is 4.79 Å². The molecule has 1 saturated heterocycles. The third-order valence-corrected chi connectivity index (χ3v) is 7.26. The molecule has 2 aromatic rings. The van der Waals surface area contributed by atoms with E-state index < -0.39 is 53.7 Å². The molecule has 2 N–H and O–H groups in total. The number of amides is 5. The third-order valence-electron chi connectivity index (χ3n) is 7.26. The largest absolute Gasteiger partial charge is 0.442 e. The van der Waals surface area contributed by atoms with Gasteiger partial charge in [0.05, 0.1) is 6.10 Å². The van der Waals surface area contributed by atoms with Crippen molar-refractivity contribution in [2.24, 2.45) is 5.92 Å². The number of carbonyl (C=O) groups is 5. The van der Waals surface area contributed by atoms with E-state index in [4.69, 9.17) is 9.47 Å². The molecule has 0 aliphatic carbocycles. The molecule has 11 heteroatoms. The summed E-state index contributed by atoms with van der Waals surface area (Å²) in [7, 11) is 1.26. The molecule has 3 rings (SSSR count). The minimum atomic E-state index is -1.14. The minimum Gasteiger partial charge on any atom is -0.442 e.